The van der Waals surface area contributed by atoms with Crippen LogP contribution in [-0.2, 0) is 33.2 Å². The number of aliphatic carboxylic acids is 1. The fraction of sp³-hybridized carbons (Fsp3) is 0.773. The molecular formula is C22H39NO8S. The molecule has 0 spiro atoms. The lowest BCUT2D eigenvalue weighted by molar-refractivity contribution is -0.142. The van der Waals surface area contributed by atoms with Crippen molar-refractivity contribution < 1.29 is 36.4 Å². The van der Waals surface area contributed by atoms with Crippen LogP contribution in [0.25, 0.3) is 0 Å². The quantitative estimate of drug-likeness (QED) is 0.138. The number of carboxylic acids is 1. The lowest BCUT2D eigenvalue weighted by Gasteiger charge is -2.06. The summed E-state index contributed by atoms with van der Waals surface area (Å²) in [6, 6.07) is 0. The van der Waals surface area contributed by atoms with Crippen molar-refractivity contribution in [1.29, 1.82) is 0 Å². The summed E-state index contributed by atoms with van der Waals surface area (Å²) in [5.74, 6) is -3.19. The van der Waals surface area contributed by atoms with Gasteiger partial charge in [-0.15, -0.1) is 4.28 Å². The van der Waals surface area contributed by atoms with Crippen molar-refractivity contribution in [2.75, 3.05) is 0 Å². The highest BCUT2D eigenvalue weighted by Gasteiger charge is 2.20. The summed E-state index contributed by atoms with van der Waals surface area (Å²) in [4.78, 5) is 33.1. The molecular weight excluding hydrogens is 438 g/mol. The number of hydrogen-bond donors (Lipinski definition) is 2. The van der Waals surface area contributed by atoms with Gasteiger partial charge in [-0.3, -0.25) is 14.4 Å². The molecule has 2 N–H and O–H groups in total. The molecule has 0 fully saturated rings. The second kappa shape index (κ2) is 19.7. The summed E-state index contributed by atoms with van der Waals surface area (Å²) in [5.41, 5.74) is 1.71. The Hall–Kier alpha value is -1.94. The van der Waals surface area contributed by atoms with Gasteiger partial charge in [-0.1, -0.05) is 70.4 Å². The second-order valence-corrected chi connectivity index (χ2v) is 8.85. The predicted octanol–water partition coefficient (Wildman–Crippen LogP) is 4.72. The van der Waals surface area contributed by atoms with E-state index in [1.54, 1.807) is 5.48 Å². The van der Waals surface area contributed by atoms with E-state index in [4.69, 9.17) is 5.11 Å². The molecule has 0 aromatic carbocycles. The zero-order valence-electron chi connectivity index (χ0n) is 19.2. The van der Waals surface area contributed by atoms with Crippen molar-refractivity contribution in [1.82, 2.24) is 5.48 Å². The highest BCUT2D eigenvalue weighted by molar-refractivity contribution is 7.82. The van der Waals surface area contributed by atoms with E-state index >= 15 is 0 Å². The van der Waals surface area contributed by atoms with Crippen LogP contribution in [-0.4, -0.2) is 31.4 Å². The Morgan fingerprint density at radius 2 is 1.31 bits per heavy atom. The van der Waals surface area contributed by atoms with Crippen molar-refractivity contribution in [2.24, 2.45) is 0 Å². The van der Waals surface area contributed by atoms with Crippen LogP contribution in [0.4, 0.5) is 0 Å². The minimum Gasteiger partial charge on any atom is -0.481 e. The fourth-order valence-electron chi connectivity index (χ4n) is 2.89. The zero-order chi connectivity index (χ0) is 24.1. The molecule has 0 aliphatic rings. The van der Waals surface area contributed by atoms with Crippen molar-refractivity contribution >= 4 is 28.2 Å². The number of unbranched alkanes of at least 4 members (excludes halogenated alkanes) is 11. The van der Waals surface area contributed by atoms with Crippen LogP contribution in [0.5, 0.6) is 0 Å². The number of carbonyl (C=O) groups is 3. The Bertz CT molecular complexity index is 661. The Morgan fingerprint density at radius 3 is 1.88 bits per heavy atom. The molecule has 186 valence electrons. The van der Waals surface area contributed by atoms with Gasteiger partial charge in [0.1, 0.15) is 0 Å². The number of hydrogen-bond acceptors (Lipinski definition) is 7. The van der Waals surface area contributed by atoms with Gasteiger partial charge in [-0.25, -0.2) is 5.48 Å². The first-order chi connectivity index (χ1) is 15.3. The first-order valence-corrected chi connectivity index (χ1v) is 12.9. The number of carbonyl (C=O) groups excluding carboxylic acids is 2. The van der Waals surface area contributed by atoms with Crippen molar-refractivity contribution in [3.05, 3.63) is 12.2 Å². The lowest BCUT2D eigenvalue weighted by Crippen LogP contribution is -2.29. The lowest BCUT2D eigenvalue weighted by atomic mass is 10.1. The maximum absolute atomic E-state index is 11.6. The molecule has 0 aromatic heterocycles. The standard InChI is InChI=1S/C22H39NO8S/c1-2-3-4-5-6-7-8-9-10-11-12-13-14-15-16-17-20(24)23-31-32(28,29)30-22(27)19-18-21(25)26/h9-10H,2-8,11-19H2,1H3,(H,23,24)(H,25,26)/b10-9-. The average Bonchev–Trinajstić information content (AvgIpc) is 2.73. The summed E-state index contributed by atoms with van der Waals surface area (Å²) >= 11 is 0. The molecule has 1 amide bonds. The number of rotatable bonds is 21. The molecule has 0 aliphatic heterocycles. The third-order valence-corrected chi connectivity index (χ3v) is 5.34. The molecule has 0 aromatic rings. The third-order valence-electron chi connectivity index (χ3n) is 4.66. The van der Waals surface area contributed by atoms with Gasteiger partial charge in [0.2, 0.25) is 5.91 Å². The van der Waals surface area contributed by atoms with E-state index in [0.717, 1.165) is 38.5 Å². The number of hydroxylamine groups is 1. The van der Waals surface area contributed by atoms with E-state index in [0.29, 0.717) is 6.42 Å². The minimum absolute atomic E-state index is 0.0840. The molecule has 0 rings (SSSR count). The molecule has 10 heteroatoms. The van der Waals surface area contributed by atoms with Gasteiger partial charge >= 0.3 is 22.3 Å². The van der Waals surface area contributed by atoms with Crippen LogP contribution in [0.2, 0.25) is 0 Å². The maximum atomic E-state index is 11.6. The molecule has 0 heterocycles. The SMILES string of the molecule is CCCCCCCC/C=C\CCCCCCCC(=O)NOS(=O)(=O)OC(=O)CCC(=O)O. The van der Waals surface area contributed by atoms with Crippen LogP contribution in [0.1, 0.15) is 110 Å². The van der Waals surface area contributed by atoms with Gasteiger partial charge < -0.3 is 9.29 Å². The zero-order valence-corrected chi connectivity index (χ0v) is 20.0. The van der Waals surface area contributed by atoms with Crippen LogP contribution in [0.3, 0.4) is 0 Å². The Balaban J connectivity index is 3.60. The van der Waals surface area contributed by atoms with Gasteiger partial charge in [0.25, 0.3) is 0 Å². The van der Waals surface area contributed by atoms with E-state index in [1.165, 1.54) is 38.5 Å². The van der Waals surface area contributed by atoms with Crippen LogP contribution in [0, 0.1) is 0 Å². The molecule has 0 atom stereocenters. The van der Waals surface area contributed by atoms with Gasteiger partial charge in [0, 0.05) is 6.42 Å². The molecule has 0 saturated carbocycles. The van der Waals surface area contributed by atoms with Crippen LogP contribution < -0.4 is 5.48 Å². The molecule has 0 aliphatic carbocycles. The predicted molar refractivity (Wildman–Crippen MR) is 121 cm³/mol. The van der Waals surface area contributed by atoms with Gasteiger partial charge in [-0.2, -0.15) is 8.42 Å². The normalized spacial score (nSPS) is 11.5. The Morgan fingerprint density at radius 1 is 0.781 bits per heavy atom. The molecule has 0 radical (unpaired) electrons. The first-order valence-electron chi connectivity index (χ1n) is 11.6. The summed E-state index contributed by atoms with van der Waals surface area (Å²) in [5, 5.41) is 8.42. The van der Waals surface area contributed by atoms with Crippen LogP contribution >= 0.6 is 0 Å². The largest absolute Gasteiger partial charge is 0.481 e. The van der Waals surface area contributed by atoms with Crippen molar-refractivity contribution in [3.63, 3.8) is 0 Å². The highest BCUT2D eigenvalue weighted by Crippen LogP contribution is 2.10. The Kier molecular flexibility index (Phi) is 18.5. The fourth-order valence-corrected chi connectivity index (χ4v) is 3.43. The number of allylic oxidation sites excluding steroid dienone is 2. The number of nitrogens with one attached hydrogen (secondary N) is 1. The maximum Gasteiger partial charge on any atom is 0.473 e. The van der Waals surface area contributed by atoms with Crippen molar-refractivity contribution in [2.45, 2.75) is 110 Å². The van der Waals surface area contributed by atoms with E-state index in [9.17, 15) is 22.8 Å². The summed E-state index contributed by atoms with van der Waals surface area (Å²) in [6.45, 7) is 2.23. The smallest absolute Gasteiger partial charge is 0.473 e. The van der Waals surface area contributed by atoms with E-state index in [2.05, 4.69) is 27.5 Å². The second-order valence-electron chi connectivity index (χ2n) is 7.70. The first kappa shape index (κ1) is 30.1. The Labute approximate surface area is 192 Å². The molecule has 0 bridgehead atoms. The van der Waals surface area contributed by atoms with Gasteiger partial charge in [-0.05, 0) is 32.1 Å². The van der Waals surface area contributed by atoms with Crippen LogP contribution in [0.15, 0.2) is 12.2 Å². The average molecular weight is 478 g/mol. The topological polar surface area (TPSA) is 136 Å². The third kappa shape index (κ3) is 21.3. The van der Waals surface area contributed by atoms with E-state index < -0.39 is 41.1 Å². The number of amides is 1. The minimum atomic E-state index is -4.76. The highest BCUT2D eigenvalue weighted by atomic mass is 32.3. The summed E-state index contributed by atoms with van der Waals surface area (Å²) < 4.78 is 30.9. The van der Waals surface area contributed by atoms with Gasteiger partial charge in [0.05, 0.1) is 12.8 Å². The van der Waals surface area contributed by atoms with E-state index in [1.807, 2.05) is 0 Å². The number of carboxylic acid groups (broad SMARTS) is 1. The van der Waals surface area contributed by atoms with Crippen molar-refractivity contribution in [3.8, 4) is 0 Å². The summed E-state index contributed by atoms with van der Waals surface area (Å²) in [6.07, 6.45) is 18.1. The van der Waals surface area contributed by atoms with E-state index in [-0.39, 0.29) is 6.42 Å². The molecule has 32 heavy (non-hydrogen) atoms. The molecule has 0 saturated heterocycles. The molecule has 0 unspecified atom stereocenters. The van der Waals surface area contributed by atoms with Gasteiger partial charge in [0.15, 0.2) is 0 Å². The summed E-state index contributed by atoms with van der Waals surface area (Å²) in [7, 11) is -4.76. The monoisotopic (exact) mass is 477 g/mol. The molecule has 9 nitrogen and oxygen atoms in total.